The monoisotopic (exact) mass is 340 g/mol. The number of rotatable bonds is 6. The zero-order valence-corrected chi connectivity index (χ0v) is 15.1. The molecule has 25 heavy (non-hydrogen) atoms. The molecular weight excluding hydrogens is 316 g/mol. The summed E-state index contributed by atoms with van der Waals surface area (Å²) in [6, 6.07) is 14.9. The van der Waals surface area contributed by atoms with Crippen LogP contribution >= 0.6 is 0 Å². The predicted octanol–water partition coefficient (Wildman–Crippen LogP) is 3.28. The first-order valence-corrected chi connectivity index (χ1v) is 8.12. The lowest BCUT2D eigenvalue weighted by atomic mass is 9.90. The lowest BCUT2D eigenvalue weighted by molar-refractivity contribution is -0.138. The Balaban J connectivity index is 1.97. The third-order valence-electron chi connectivity index (χ3n) is 4.02. The van der Waals surface area contributed by atoms with Crippen LogP contribution in [0.3, 0.4) is 0 Å². The summed E-state index contributed by atoms with van der Waals surface area (Å²) in [6.45, 7) is 5.60. The molecule has 2 aromatic carbocycles. The van der Waals surface area contributed by atoms with Gasteiger partial charge in [-0.1, -0.05) is 29.8 Å². The number of methoxy groups -OCH3 is 1. The molecule has 2 rings (SSSR count). The molecule has 0 aliphatic heterocycles. The second kappa shape index (κ2) is 7.83. The molecule has 0 aromatic heterocycles. The van der Waals surface area contributed by atoms with Gasteiger partial charge in [0.25, 0.3) is 0 Å². The van der Waals surface area contributed by atoms with Crippen LogP contribution in [0.1, 0.15) is 25.0 Å². The number of nitrogens with one attached hydrogen (secondary N) is 2. The molecule has 0 bridgehead atoms. The van der Waals surface area contributed by atoms with Gasteiger partial charge in [-0.15, -0.1) is 0 Å². The fourth-order valence-electron chi connectivity index (χ4n) is 2.29. The van der Waals surface area contributed by atoms with Crippen LogP contribution in [-0.4, -0.2) is 18.9 Å². The van der Waals surface area contributed by atoms with Crippen LogP contribution in [0, 0.1) is 12.3 Å². The maximum atomic E-state index is 12.5. The van der Waals surface area contributed by atoms with Crippen molar-refractivity contribution in [2.75, 3.05) is 12.4 Å². The minimum atomic E-state index is -1.19. The molecule has 0 heterocycles. The molecule has 0 aliphatic carbocycles. The first kappa shape index (κ1) is 18.5. The van der Waals surface area contributed by atoms with Crippen LogP contribution in [0.4, 0.5) is 5.69 Å². The number of anilines is 1. The van der Waals surface area contributed by atoms with Crippen LogP contribution in [-0.2, 0) is 16.1 Å². The van der Waals surface area contributed by atoms with E-state index in [2.05, 4.69) is 10.6 Å². The van der Waals surface area contributed by atoms with Crippen molar-refractivity contribution in [3.05, 3.63) is 59.7 Å². The molecule has 5 nitrogen and oxygen atoms in total. The Labute approximate surface area is 148 Å². The molecule has 0 atom stereocenters. The number of hydrogen-bond donors (Lipinski definition) is 2. The van der Waals surface area contributed by atoms with Crippen molar-refractivity contribution in [1.29, 1.82) is 0 Å². The van der Waals surface area contributed by atoms with Crippen molar-refractivity contribution < 1.29 is 14.3 Å². The van der Waals surface area contributed by atoms with Gasteiger partial charge in [0, 0.05) is 12.2 Å². The van der Waals surface area contributed by atoms with E-state index in [0.29, 0.717) is 18.0 Å². The minimum absolute atomic E-state index is 0.319. The minimum Gasteiger partial charge on any atom is -0.497 e. The number of aryl methyl sites for hydroxylation is 1. The summed E-state index contributed by atoms with van der Waals surface area (Å²) >= 11 is 0. The SMILES string of the molecule is COc1ccc(NC(=O)C(C)(C)C(=O)NCc2cccc(C)c2)cc1. The fourth-order valence-corrected chi connectivity index (χ4v) is 2.29. The number of hydrogen-bond acceptors (Lipinski definition) is 3. The maximum Gasteiger partial charge on any atom is 0.239 e. The zero-order valence-electron chi connectivity index (χ0n) is 15.1. The van der Waals surface area contributed by atoms with Crippen molar-refractivity contribution in [3.8, 4) is 5.75 Å². The number of ether oxygens (including phenoxy) is 1. The normalized spacial score (nSPS) is 10.9. The second-order valence-electron chi connectivity index (χ2n) is 6.48. The topological polar surface area (TPSA) is 67.4 Å². The van der Waals surface area contributed by atoms with Gasteiger partial charge >= 0.3 is 0 Å². The van der Waals surface area contributed by atoms with Gasteiger partial charge in [-0.05, 0) is 50.6 Å². The van der Waals surface area contributed by atoms with E-state index in [1.165, 1.54) is 0 Å². The molecule has 2 amide bonds. The standard InChI is InChI=1S/C20H24N2O3/c1-14-6-5-7-15(12-14)13-21-18(23)20(2,3)19(24)22-16-8-10-17(25-4)11-9-16/h5-12H,13H2,1-4H3,(H,21,23)(H,22,24). The van der Waals surface area contributed by atoms with Gasteiger partial charge in [0.2, 0.25) is 11.8 Å². The highest BCUT2D eigenvalue weighted by Crippen LogP contribution is 2.21. The molecule has 2 aromatic rings. The van der Waals surface area contributed by atoms with Crippen LogP contribution in [0.2, 0.25) is 0 Å². The van der Waals surface area contributed by atoms with Crippen molar-refractivity contribution in [2.45, 2.75) is 27.3 Å². The summed E-state index contributed by atoms with van der Waals surface area (Å²) in [7, 11) is 1.58. The number of amides is 2. The molecular formula is C20H24N2O3. The van der Waals surface area contributed by atoms with E-state index in [-0.39, 0.29) is 11.8 Å². The predicted molar refractivity (Wildman–Crippen MR) is 98.4 cm³/mol. The number of benzene rings is 2. The quantitative estimate of drug-likeness (QED) is 0.793. The van der Waals surface area contributed by atoms with Gasteiger partial charge in [0.05, 0.1) is 7.11 Å². The first-order valence-electron chi connectivity index (χ1n) is 8.12. The van der Waals surface area contributed by atoms with Crippen molar-refractivity contribution in [2.24, 2.45) is 5.41 Å². The lowest BCUT2D eigenvalue weighted by Crippen LogP contribution is -2.44. The highest BCUT2D eigenvalue weighted by molar-refractivity contribution is 6.09. The Hall–Kier alpha value is -2.82. The lowest BCUT2D eigenvalue weighted by Gasteiger charge is -2.23. The Morgan fingerprint density at radius 3 is 2.32 bits per heavy atom. The van der Waals surface area contributed by atoms with E-state index in [4.69, 9.17) is 4.74 Å². The fraction of sp³-hybridized carbons (Fsp3) is 0.300. The van der Waals surface area contributed by atoms with E-state index >= 15 is 0 Å². The smallest absolute Gasteiger partial charge is 0.239 e. The van der Waals surface area contributed by atoms with E-state index in [1.807, 2.05) is 31.2 Å². The highest BCUT2D eigenvalue weighted by Gasteiger charge is 2.35. The van der Waals surface area contributed by atoms with Crippen LogP contribution in [0.5, 0.6) is 5.75 Å². The van der Waals surface area contributed by atoms with Crippen molar-refractivity contribution in [1.82, 2.24) is 5.32 Å². The molecule has 132 valence electrons. The van der Waals surface area contributed by atoms with E-state index < -0.39 is 5.41 Å². The van der Waals surface area contributed by atoms with Crippen molar-refractivity contribution in [3.63, 3.8) is 0 Å². The average molecular weight is 340 g/mol. The summed E-state index contributed by atoms with van der Waals surface area (Å²) in [4.78, 5) is 25.0. The summed E-state index contributed by atoms with van der Waals surface area (Å²) < 4.78 is 5.09. The maximum absolute atomic E-state index is 12.5. The van der Waals surface area contributed by atoms with Gasteiger partial charge in [-0.3, -0.25) is 9.59 Å². The number of carbonyl (C=O) groups is 2. The summed E-state index contributed by atoms with van der Waals surface area (Å²) in [5.41, 5.74) is 1.55. The van der Waals surface area contributed by atoms with Gasteiger partial charge < -0.3 is 15.4 Å². The Morgan fingerprint density at radius 1 is 1.04 bits per heavy atom. The van der Waals surface area contributed by atoms with E-state index in [1.54, 1.807) is 45.2 Å². The van der Waals surface area contributed by atoms with Crippen LogP contribution < -0.4 is 15.4 Å². The first-order chi connectivity index (χ1) is 11.8. The summed E-state index contributed by atoms with van der Waals surface area (Å²) in [5, 5.41) is 5.60. The van der Waals surface area contributed by atoms with Crippen LogP contribution in [0.25, 0.3) is 0 Å². The van der Waals surface area contributed by atoms with Gasteiger partial charge in [-0.2, -0.15) is 0 Å². The summed E-state index contributed by atoms with van der Waals surface area (Å²) in [5.74, 6) is 0.0209. The molecule has 5 heteroatoms. The molecule has 0 spiro atoms. The van der Waals surface area contributed by atoms with Gasteiger partial charge in [-0.25, -0.2) is 0 Å². The third kappa shape index (κ3) is 4.83. The van der Waals surface area contributed by atoms with Gasteiger partial charge in [0.1, 0.15) is 11.2 Å². The Bertz CT molecular complexity index is 752. The Kier molecular flexibility index (Phi) is 5.80. The largest absolute Gasteiger partial charge is 0.497 e. The average Bonchev–Trinajstić information content (AvgIpc) is 2.60. The zero-order chi connectivity index (χ0) is 18.4. The van der Waals surface area contributed by atoms with Crippen LogP contribution in [0.15, 0.2) is 48.5 Å². The number of carbonyl (C=O) groups excluding carboxylic acids is 2. The highest BCUT2D eigenvalue weighted by atomic mass is 16.5. The van der Waals surface area contributed by atoms with E-state index in [0.717, 1.165) is 11.1 Å². The molecule has 0 fully saturated rings. The molecule has 0 unspecified atom stereocenters. The van der Waals surface area contributed by atoms with Crippen molar-refractivity contribution >= 4 is 17.5 Å². The van der Waals surface area contributed by atoms with E-state index in [9.17, 15) is 9.59 Å². The Morgan fingerprint density at radius 2 is 1.72 bits per heavy atom. The summed E-state index contributed by atoms with van der Waals surface area (Å²) in [6.07, 6.45) is 0. The molecule has 0 radical (unpaired) electrons. The third-order valence-corrected chi connectivity index (χ3v) is 4.02. The molecule has 2 N–H and O–H groups in total. The second-order valence-corrected chi connectivity index (χ2v) is 6.48. The molecule has 0 saturated heterocycles. The van der Waals surface area contributed by atoms with Gasteiger partial charge in [0.15, 0.2) is 0 Å². The molecule has 0 saturated carbocycles. The molecule has 0 aliphatic rings.